The molecule has 9 N–H and O–H groups in total. The summed E-state index contributed by atoms with van der Waals surface area (Å²) in [6, 6.07) is 0. The smallest absolute Gasteiger partial charge is 0.309 e. The zero-order valence-corrected chi connectivity index (χ0v) is 91.4. The summed E-state index contributed by atoms with van der Waals surface area (Å²) in [5.41, 5.74) is 0. The molecule has 44 nitrogen and oxygen atoms in total. The lowest BCUT2D eigenvalue weighted by Crippen LogP contribution is -2.36. The normalized spacial score (nSPS) is 12.4. The van der Waals surface area contributed by atoms with E-state index in [0.717, 1.165) is 62.5 Å². The molecule has 0 radical (unpaired) electrons. The van der Waals surface area contributed by atoms with Gasteiger partial charge in [-0.25, -0.2) is 50.5 Å². The van der Waals surface area contributed by atoms with Crippen molar-refractivity contribution < 1.29 is 201 Å². The van der Waals surface area contributed by atoms with Crippen LogP contribution in [0.15, 0.2) is 0 Å². The van der Waals surface area contributed by atoms with E-state index in [4.69, 9.17) is 64.9 Å². The van der Waals surface area contributed by atoms with Gasteiger partial charge in [0.05, 0.1) is 201 Å². The highest BCUT2D eigenvalue weighted by atomic mass is 32.2. The van der Waals surface area contributed by atoms with Gasteiger partial charge in [-0.15, -0.1) is 0 Å². The average Bonchev–Trinajstić information content (AvgIpc) is 0.877. The molecule has 4 unspecified atom stereocenters. The molecule has 0 aromatic carbocycles. The van der Waals surface area contributed by atoms with E-state index < -0.39 is 131 Å². The predicted molar refractivity (Wildman–Crippen MR) is 532 cm³/mol. The van der Waals surface area contributed by atoms with Gasteiger partial charge in [0.25, 0.3) is 0 Å². The zero-order valence-electron chi connectivity index (χ0n) is 83.2. The molecule has 139 heavy (non-hydrogen) atoms. The van der Waals surface area contributed by atoms with E-state index in [9.17, 15) is 118 Å². The molecule has 1 saturated heterocycles. The number of esters is 8. The first-order valence-corrected chi connectivity index (χ1v) is 60.3. The van der Waals surface area contributed by atoms with Crippen LogP contribution in [-0.2, 0) is 164 Å². The standard InChI is InChI=1S/C12H22O7S.C12H22O5S.C10H19NO4S.C10H18O7S.C10H18O5S.C7H14O3S.2C6H12O4S.2C6H12O2S/c1-3-18-11(14)6-5-10(12(15)19-4-2)9-20(16,17)8-7-13;1-3-16-11(14)6-5-10(9-18-8-7-13)12(15)17-4-2;12-7-9-16(14,15)8-4-10(13)11-5-2-1-3-6-11;1-16-9(12)4-3-8(10(13)17-2)7-18(14,15)6-5-11;1-14-9(12)4-3-8(10(13)15-2)7-16-6-5-11;1-3-5-11(9,10)6-4-7(2)8;2*1-6(8)2-4-11(9,10)5-3-7;2*1-6(8)2-4-9-5-3-7/h10,13H,3-9H2,1-2H3;10,13H,3-9H2,1-2H3;12H,1-9H2;8,11H,3-7H2,1-2H3;8,11H,3-7H2,1-2H3;3-6H2,1-2H3;2*7H,2-5H2,1H3;2*7H,2-5H2,1H3. The Labute approximate surface area is 840 Å². The van der Waals surface area contributed by atoms with Crippen LogP contribution in [0.1, 0.15) is 185 Å². The first-order chi connectivity index (χ1) is 65.0. The molecule has 824 valence electrons. The minimum atomic E-state index is -3.56. The summed E-state index contributed by atoms with van der Waals surface area (Å²) in [5.74, 6) is -3.35. The van der Waals surface area contributed by atoms with Gasteiger partial charge in [0.1, 0.15) is 28.9 Å². The number of ketones is 5. The van der Waals surface area contributed by atoms with Crippen LogP contribution in [0.2, 0.25) is 0 Å². The number of likely N-dealkylation sites (tertiary alicyclic amines) is 1. The van der Waals surface area contributed by atoms with Gasteiger partial charge in [-0.1, -0.05) is 6.92 Å². The van der Waals surface area contributed by atoms with Crippen molar-refractivity contribution >= 4 is 189 Å². The number of Topliss-reactive ketones (excluding diaryl/α,β-unsaturated/α-hetero) is 5. The van der Waals surface area contributed by atoms with E-state index in [-0.39, 0.29) is 240 Å². The summed E-state index contributed by atoms with van der Waals surface area (Å²) < 4.78 is 171. The fourth-order valence-corrected chi connectivity index (χ4v) is 20.3. The summed E-state index contributed by atoms with van der Waals surface area (Å²) in [5, 5.41) is 76.4. The lowest BCUT2D eigenvalue weighted by molar-refractivity contribution is -0.150. The third-order valence-electron chi connectivity index (χ3n) is 17.0. The second-order valence-electron chi connectivity index (χ2n) is 29.4. The van der Waals surface area contributed by atoms with E-state index in [2.05, 4.69) is 18.9 Å². The van der Waals surface area contributed by atoms with Crippen LogP contribution in [0, 0.1) is 23.7 Å². The fourth-order valence-electron chi connectivity index (χ4n) is 9.75. The quantitative estimate of drug-likeness (QED) is 0.0236. The number of thioether (sulfide) groups is 4. The first-order valence-electron chi connectivity index (χ1n) is 44.7. The van der Waals surface area contributed by atoms with Crippen molar-refractivity contribution in [3.05, 3.63) is 0 Å². The van der Waals surface area contributed by atoms with Crippen molar-refractivity contribution in [2.24, 2.45) is 23.7 Å². The lowest BCUT2D eigenvalue weighted by Gasteiger charge is -2.26. The lowest BCUT2D eigenvalue weighted by atomic mass is 10.1. The van der Waals surface area contributed by atoms with E-state index in [1.165, 1.54) is 65.6 Å². The highest BCUT2D eigenvalue weighted by Crippen LogP contribution is 2.20. The summed E-state index contributed by atoms with van der Waals surface area (Å²) in [4.78, 5) is 156. The molecular weight excluding hydrogens is 2040 g/mol. The van der Waals surface area contributed by atoms with Crippen molar-refractivity contribution in [2.75, 3.05) is 242 Å². The Hall–Kier alpha value is -5.68. The number of methoxy groups -OCH3 is 4. The maximum Gasteiger partial charge on any atom is 0.309 e. The number of nitrogens with zero attached hydrogens (tertiary/aromatic N) is 1. The molecule has 4 atom stereocenters. The molecule has 1 heterocycles. The highest BCUT2D eigenvalue weighted by Gasteiger charge is 2.30. The van der Waals surface area contributed by atoms with Gasteiger partial charge in [-0.3, -0.25) is 67.1 Å². The molecular formula is C85H161NO43S10. The SMILES string of the molecule is CC(=O)CCS(=O)(=O)CCO.CC(=O)CCS(=O)(=O)CCO.CC(=O)CCSCCO.CC(=O)CCSCCO.CCCS(=O)(=O)CCC(C)=O.CCOC(=O)CCC(CS(=O)(=O)CCO)C(=O)OCC.CCOC(=O)CCC(CSCCO)C(=O)OCC.COC(=O)CCC(CS(=O)(=O)CCO)C(=O)OC.COC(=O)CCC(CSCCO)C(=O)OC.O=C(CCS(=O)(=O)CCO)N1CCCCC1. The maximum atomic E-state index is 11.7. The van der Waals surface area contributed by atoms with Crippen molar-refractivity contribution in [3.63, 3.8) is 0 Å². The number of piperidine rings is 1. The van der Waals surface area contributed by atoms with Crippen molar-refractivity contribution in [1.82, 2.24) is 4.90 Å². The van der Waals surface area contributed by atoms with Crippen molar-refractivity contribution in [1.29, 1.82) is 0 Å². The third-order valence-corrected chi connectivity index (χ3v) is 31.3. The van der Waals surface area contributed by atoms with Gasteiger partial charge in [0, 0.05) is 129 Å². The molecule has 1 aliphatic heterocycles. The Morgan fingerprint density at radius 3 is 0.813 bits per heavy atom. The van der Waals surface area contributed by atoms with E-state index in [1.807, 2.05) is 6.92 Å². The molecule has 1 rings (SSSR count). The number of carbonyl (C=O) groups excluding carboxylic acids is 14. The number of hydrogen-bond acceptors (Lipinski definition) is 47. The van der Waals surface area contributed by atoms with Gasteiger partial charge in [0.15, 0.2) is 59.0 Å². The minimum Gasteiger partial charge on any atom is -0.469 e. The van der Waals surface area contributed by atoms with Gasteiger partial charge < -0.3 is 88.8 Å². The van der Waals surface area contributed by atoms with Crippen LogP contribution in [0.5, 0.6) is 0 Å². The van der Waals surface area contributed by atoms with Crippen molar-refractivity contribution in [2.45, 2.75) is 185 Å². The molecule has 0 aliphatic carbocycles. The van der Waals surface area contributed by atoms with Crippen LogP contribution in [0.4, 0.5) is 0 Å². The molecule has 1 aliphatic rings. The number of rotatable bonds is 66. The van der Waals surface area contributed by atoms with Crippen LogP contribution in [0.3, 0.4) is 0 Å². The Bertz CT molecular complexity index is 3880. The number of carbonyl (C=O) groups is 14. The van der Waals surface area contributed by atoms with Crippen LogP contribution in [0.25, 0.3) is 0 Å². The molecule has 0 aromatic rings. The minimum absolute atomic E-state index is 0.0101. The van der Waals surface area contributed by atoms with Gasteiger partial charge in [0.2, 0.25) is 5.91 Å². The maximum absolute atomic E-state index is 11.7. The Kier molecular flexibility index (Phi) is 107. The number of hydrogen-bond donors (Lipinski definition) is 9. The molecule has 54 heteroatoms. The van der Waals surface area contributed by atoms with Crippen LogP contribution < -0.4 is 0 Å². The summed E-state index contributed by atoms with van der Waals surface area (Å²) >= 11 is 6.16. The molecule has 1 fully saturated rings. The Morgan fingerprint density at radius 1 is 0.273 bits per heavy atom. The van der Waals surface area contributed by atoms with Gasteiger partial charge in [-0.05, 0) is 114 Å². The first kappa shape index (κ1) is 151. The summed E-state index contributed by atoms with van der Waals surface area (Å²) in [6.07, 6.45) is 6.56. The Balaban J connectivity index is -0.000000195. The number of sulfone groups is 6. The second-order valence-corrected chi connectivity index (χ2v) is 47.9. The monoisotopic (exact) mass is 2200 g/mol. The number of ether oxygens (including phenoxy) is 8. The molecule has 0 aromatic heterocycles. The molecule has 0 saturated carbocycles. The topological polar surface area (TPSA) is 703 Å². The highest BCUT2D eigenvalue weighted by molar-refractivity contribution is 8.00. The number of aliphatic hydroxyl groups excluding tert-OH is 9. The predicted octanol–water partition coefficient (Wildman–Crippen LogP) is 1.45. The van der Waals surface area contributed by atoms with Crippen molar-refractivity contribution in [3.8, 4) is 0 Å². The second kappa shape index (κ2) is 98.3. The van der Waals surface area contributed by atoms with Gasteiger partial charge in [-0.2, -0.15) is 47.0 Å². The third kappa shape index (κ3) is 111. The largest absolute Gasteiger partial charge is 0.469 e. The Morgan fingerprint density at radius 2 is 0.532 bits per heavy atom. The number of amides is 1. The number of aliphatic hydroxyl groups is 9. The van der Waals surface area contributed by atoms with E-state index in [1.54, 1.807) is 70.0 Å². The summed E-state index contributed by atoms with van der Waals surface area (Å²) in [7, 11) is -14.7. The van der Waals surface area contributed by atoms with Crippen LogP contribution >= 0.6 is 47.0 Å². The van der Waals surface area contributed by atoms with Gasteiger partial charge >= 0.3 is 47.8 Å². The van der Waals surface area contributed by atoms with E-state index in [0.29, 0.717) is 68.3 Å². The molecule has 0 bridgehead atoms. The van der Waals surface area contributed by atoms with Crippen LogP contribution in [-0.4, -0.2) is 426 Å². The molecule has 1 amide bonds. The fraction of sp³-hybridized carbons (Fsp3) is 0.835. The summed E-state index contributed by atoms with van der Waals surface area (Å²) in [6.45, 7) is 16.8. The zero-order chi connectivity index (χ0) is 109. The van der Waals surface area contributed by atoms with E-state index >= 15 is 0 Å². The molecule has 0 spiro atoms. The average molecular weight is 2210 g/mol.